The maximum atomic E-state index is 12.2. The molecule has 0 aliphatic carbocycles. The predicted molar refractivity (Wildman–Crippen MR) is 91.0 cm³/mol. The fourth-order valence-corrected chi connectivity index (χ4v) is 2.68. The summed E-state index contributed by atoms with van der Waals surface area (Å²) in [5, 5.41) is 11.7. The van der Waals surface area contributed by atoms with Gasteiger partial charge in [-0.05, 0) is 42.3 Å². The minimum atomic E-state index is -0.977. The highest BCUT2D eigenvalue weighted by Gasteiger charge is 2.25. The Morgan fingerprint density at radius 3 is 2.68 bits per heavy atom. The molecular formula is C19H19NO5. The summed E-state index contributed by atoms with van der Waals surface area (Å²) in [5.74, 6) is 0.174. The van der Waals surface area contributed by atoms with E-state index < -0.39 is 5.97 Å². The van der Waals surface area contributed by atoms with Crippen molar-refractivity contribution in [3.8, 4) is 11.5 Å². The number of hydrogen-bond donors (Lipinski definition) is 2. The van der Waals surface area contributed by atoms with Gasteiger partial charge in [0.15, 0.2) is 0 Å². The van der Waals surface area contributed by atoms with Crippen LogP contribution in [0.4, 0.5) is 0 Å². The highest BCUT2D eigenvalue weighted by Crippen LogP contribution is 2.26. The third-order valence-corrected chi connectivity index (χ3v) is 4.02. The highest BCUT2D eigenvalue weighted by molar-refractivity contribution is 5.87. The quantitative estimate of drug-likeness (QED) is 0.786. The molecule has 0 aromatic heterocycles. The van der Waals surface area contributed by atoms with Crippen LogP contribution < -0.4 is 14.8 Å². The Morgan fingerprint density at radius 2 is 1.92 bits per heavy atom. The number of ether oxygens (including phenoxy) is 2. The molecule has 3 rings (SSSR count). The van der Waals surface area contributed by atoms with Crippen molar-refractivity contribution in [2.75, 3.05) is 19.8 Å². The van der Waals surface area contributed by atoms with Crippen molar-refractivity contribution in [3.05, 3.63) is 59.7 Å². The zero-order valence-electron chi connectivity index (χ0n) is 13.6. The van der Waals surface area contributed by atoms with E-state index in [2.05, 4.69) is 5.32 Å². The Kier molecular flexibility index (Phi) is 5.18. The molecule has 130 valence electrons. The van der Waals surface area contributed by atoms with Crippen molar-refractivity contribution in [2.24, 2.45) is 5.92 Å². The molecule has 0 bridgehead atoms. The average molecular weight is 341 g/mol. The molecule has 0 fully saturated rings. The van der Waals surface area contributed by atoms with Crippen LogP contribution in [-0.2, 0) is 11.2 Å². The summed E-state index contributed by atoms with van der Waals surface area (Å²) >= 11 is 0. The summed E-state index contributed by atoms with van der Waals surface area (Å²) in [6, 6.07) is 13.9. The lowest BCUT2D eigenvalue weighted by atomic mass is 9.96. The number of amides is 1. The van der Waals surface area contributed by atoms with Gasteiger partial charge in [0.05, 0.1) is 18.0 Å². The van der Waals surface area contributed by atoms with E-state index >= 15 is 0 Å². The standard InChI is InChI=1S/C19H19NO5/c21-18(15-11-14-3-1-2-4-17(14)25-12-15)20-9-10-24-16-7-5-13(6-8-16)19(22)23/h1-8,15H,9-12H2,(H,20,21)(H,22,23). The van der Waals surface area contributed by atoms with E-state index in [-0.39, 0.29) is 17.4 Å². The highest BCUT2D eigenvalue weighted by atomic mass is 16.5. The summed E-state index contributed by atoms with van der Waals surface area (Å²) in [5.41, 5.74) is 1.25. The number of aromatic carboxylic acids is 1. The van der Waals surface area contributed by atoms with Crippen LogP contribution in [0.15, 0.2) is 48.5 Å². The van der Waals surface area contributed by atoms with Gasteiger partial charge in [0.25, 0.3) is 0 Å². The van der Waals surface area contributed by atoms with Gasteiger partial charge >= 0.3 is 5.97 Å². The molecule has 1 heterocycles. The second-order valence-electron chi connectivity index (χ2n) is 5.79. The third-order valence-electron chi connectivity index (χ3n) is 4.02. The molecule has 1 aliphatic heterocycles. The molecule has 6 heteroatoms. The van der Waals surface area contributed by atoms with E-state index in [1.165, 1.54) is 12.1 Å². The van der Waals surface area contributed by atoms with Crippen LogP contribution in [0.3, 0.4) is 0 Å². The lowest BCUT2D eigenvalue weighted by Crippen LogP contribution is -2.39. The number of carboxylic acid groups (broad SMARTS) is 1. The first-order valence-corrected chi connectivity index (χ1v) is 8.08. The fourth-order valence-electron chi connectivity index (χ4n) is 2.68. The first-order valence-electron chi connectivity index (χ1n) is 8.08. The summed E-state index contributed by atoms with van der Waals surface area (Å²) in [6.07, 6.45) is 0.666. The molecule has 0 saturated heterocycles. The summed E-state index contributed by atoms with van der Waals surface area (Å²) in [6.45, 7) is 1.06. The molecule has 1 aliphatic rings. The van der Waals surface area contributed by atoms with Gasteiger partial charge in [0, 0.05) is 0 Å². The number of carboxylic acids is 1. The number of carbonyl (C=O) groups is 2. The minimum absolute atomic E-state index is 0.0562. The van der Waals surface area contributed by atoms with Crippen molar-refractivity contribution >= 4 is 11.9 Å². The van der Waals surface area contributed by atoms with E-state index in [4.69, 9.17) is 14.6 Å². The average Bonchev–Trinajstić information content (AvgIpc) is 2.65. The van der Waals surface area contributed by atoms with E-state index in [1.54, 1.807) is 12.1 Å². The number of fused-ring (bicyclic) bond motifs is 1. The van der Waals surface area contributed by atoms with Crippen LogP contribution >= 0.6 is 0 Å². The van der Waals surface area contributed by atoms with Gasteiger partial charge in [0.2, 0.25) is 5.91 Å². The molecule has 1 amide bonds. The number of benzene rings is 2. The van der Waals surface area contributed by atoms with Gasteiger partial charge in [-0.25, -0.2) is 4.79 Å². The van der Waals surface area contributed by atoms with Crippen LogP contribution in [0.25, 0.3) is 0 Å². The van der Waals surface area contributed by atoms with Crippen LogP contribution in [-0.4, -0.2) is 36.7 Å². The fraction of sp³-hybridized carbons (Fsp3) is 0.263. The lowest BCUT2D eigenvalue weighted by Gasteiger charge is -2.24. The third kappa shape index (κ3) is 4.29. The van der Waals surface area contributed by atoms with E-state index in [1.807, 2.05) is 24.3 Å². The zero-order chi connectivity index (χ0) is 17.6. The molecule has 0 radical (unpaired) electrons. The van der Waals surface area contributed by atoms with Crippen molar-refractivity contribution in [2.45, 2.75) is 6.42 Å². The normalized spacial score (nSPS) is 15.6. The molecule has 0 spiro atoms. The second-order valence-corrected chi connectivity index (χ2v) is 5.79. The van der Waals surface area contributed by atoms with Crippen LogP contribution in [0.5, 0.6) is 11.5 Å². The first kappa shape index (κ1) is 16.8. The topological polar surface area (TPSA) is 84.9 Å². The van der Waals surface area contributed by atoms with Gasteiger partial charge in [-0.2, -0.15) is 0 Å². The SMILES string of the molecule is O=C(O)c1ccc(OCCNC(=O)C2COc3ccccc3C2)cc1. The number of hydrogen-bond acceptors (Lipinski definition) is 4. The number of rotatable bonds is 6. The van der Waals surface area contributed by atoms with Crippen LogP contribution in [0.2, 0.25) is 0 Å². The molecule has 2 aromatic carbocycles. The van der Waals surface area contributed by atoms with E-state index in [0.29, 0.717) is 31.9 Å². The maximum Gasteiger partial charge on any atom is 0.335 e. The summed E-state index contributed by atoms with van der Waals surface area (Å²) < 4.78 is 11.1. The van der Waals surface area contributed by atoms with Crippen LogP contribution in [0.1, 0.15) is 15.9 Å². The van der Waals surface area contributed by atoms with Gasteiger partial charge < -0.3 is 19.9 Å². The molecule has 6 nitrogen and oxygen atoms in total. The van der Waals surface area contributed by atoms with Crippen molar-refractivity contribution in [1.82, 2.24) is 5.32 Å². The van der Waals surface area contributed by atoms with E-state index in [0.717, 1.165) is 11.3 Å². The molecule has 1 atom stereocenters. The van der Waals surface area contributed by atoms with E-state index in [9.17, 15) is 9.59 Å². The van der Waals surface area contributed by atoms with Gasteiger partial charge in [-0.1, -0.05) is 18.2 Å². The smallest absolute Gasteiger partial charge is 0.335 e. The largest absolute Gasteiger partial charge is 0.492 e. The van der Waals surface area contributed by atoms with Crippen molar-refractivity contribution in [3.63, 3.8) is 0 Å². The Bertz CT molecular complexity index is 757. The minimum Gasteiger partial charge on any atom is -0.492 e. The Balaban J connectivity index is 1.42. The van der Waals surface area contributed by atoms with Crippen molar-refractivity contribution < 1.29 is 24.2 Å². The summed E-state index contributed by atoms with van der Waals surface area (Å²) in [4.78, 5) is 23.0. The number of para-hydroxylation sites is 1. The second kappa shape index (κ2) is 7.70. The Labute approximate surface area is 145 Å². The van der Waals surface area contributed by atoms with Gasteiger partial charge in [-0.3, -0.25) is 4.79 Å². The van der Waals surface area contributed by atoms with Gasteiger partial charge in [0.1, 0.15) is 24.7 Å². The van der Waals surface area contributed by atoms with Crippen molar-refractivity contribution in [1.29, 1.82) is 0 Å². The van der Waals surface area contributed by atoms with Gasteiger partial charge in [-0.15, -0.1) is 0 Å². The monoisotopic (exact) mass is 341 g/mol. The molecule has 0 saturated carbocycles. The van der Waals surface area contributed by atoms with Crippen LogP contribution in [0, 0.1) is 5.92 Å². The molecular weight excluding hydrogens is 322 g/mol. The number of carbonyl (C=O) groups excluding carboxylic acids is 1. The predicted octanol–water partition coefficient (Wildman–Crippen LogP) is 2.13. The molecule has 1 unspecified atom stereocenters. The molecule has 25 heavy (non-hydrogen) atoms. The Hall–Kier alpha value is -3.02. The Morgan fingerprint density at radius 1 is 1.16 bits per heavy atom. The lowest BCUT2D eigenvalue weighted by molar-refractivity contribution is -0.126. The maximum absolute atomic E-state index is 12.2. The number of nitrogens with one attached hydrogen (secondary N) is 1. The first-order chi connectivity index (χ1) is 12.1. The molecule has 2 N–H and O–H groups in total. The summed E-state index contributed by atoms with van der Waals surface area (Å²) in [7, 11) is 0. The molecule has 2 aromatic rings. The zero-order valence-corrected chi connectivity index (χ0v) is 13.6.